The molecule has 0 saturated heterocycles. The van der Waals surface area contributed by atoms with Gasteiger partial charge in [0.2, 0.25) is 9.84 Å². The van der Waals surface area contributed by atoms with Crippen LogP contribution in [0, 0.1) is 5.82 Å². The Morgan fingerprint density at radius 3 is 2.30 bits per heavy atom. The number of hydrogen-bond acceptors (Lipinski definition) is 5. The maximum Gasteiger partial charge on any atom is 0.206 e. The zero-order chi connectivity index (χ0) is 23.6. The molecule has 0 amide bonds. The van der Waals surface area contributed by atoms with Gasteiger partial charge in [-0.05, 0) is 36.8 Å². The maximum absolute atomic E-state index is 13.6. The number of sulfone groups is 1. The normalized spacial score (nSPS) is 18.9. The van der Waals surface area contributed by atoms with Crippen molar-refractivity contribution in [3.8, 4) is 0 Å². The standard InChI is InChI=1S/C25H23FN2O4S/c1-25(15-17-5-3-2-4-6-17)16-22(33(30,31)21-13-11-20(26)12-14-21)23(32-25)18-7-9-19(10-8-18)24(27)28-29/h2-14,29H,15-16H2,1H3,(H2,27,28). The molecule has 1 atom stereocenters. The van der Waals surface area contributed by atoms with Crippen LogP contribution in [-0.4, -0.2) is 25.1 Å². The number of rotatable bonds is 6. The summed E-state index contributed by atoms with van der Waals surface area (Å²) >= 11 is 0. The average molecular weight is 467 g/mol. The minimum absolute atomic E-state index is 0.00256. The van der Waals surface area contributed by atoms with Crippen LogP contribution in [0.1, 0.15) is 30.0 Å². The molecule has 4 rings (SSSR count). The zero-order valence-electron chi connectivity index (χ0n) is 17.9. The molecule has 0 radical (unpaired) electrons. The lowest BCUT2D eigenvalue weighted by Gasteiger charge is -2.25. The van der Waals surface area contributed by atoms with Gasteiger partial charge in [0.25, 0.3) is 0 Å². The predicted octanol–water partition coefficient (Wildman–Crippen LogP) is 4.48. The summed E-state index contributed by atoms with van der Waals surface area (Å²) in [6, 6.07) is 21.0. The molecule has 1 unspecified atom stereocenters. The lowest BCUT2D eigenvalue weighted by molar-refractivity contribution is 0.0800. The first-order valence-electron chi connectivity index (χ1n) is 10.3. The van der Waals surface area contributed by atoms with E-state index in [0.717, 1.165) is 17.7 Å². The Labute approximate surface area is 191 Å². The fraction of sp³-hybridized carbons (Fsp3) is 0.160. The number of oxime groups is 1. The van der Waals surface area contributed by atoms with Crippen LogP contribution in [0.4, 0.5) is 4.39 Å². The van der Waals surface area contributed by atoms with Crippen LogP contribution < -0.4 is 5.73 Å². The van der Waals surface area contributed by atoms with E-state index in [0.29, 0.717) is 17.5 Å². The molecule has 0 saturated carbocycles. The molecule has 0 bridgehead atoms. The molecule has 3 N–H and O–H groups in total. The van der Waals surface area contributed by atoms with Gasteiger partial charge in [0.15, 0.2) is 5.84 Å². The lowest BCUT2D eigenvalue weighted by atomic mass is 9.94. The van der Waals surface area contributed by atoms with Crippen LogP contribution in [0.5, 0.6) is 0 Å². The van der Waals surface area contributed by atoms with E-state index in [-0.39, 0.29) is 27.8 Å². The molecule has 1 aliphatic rings. The van der Waals surface area contributed by atoms with Gasteiger partial charge in [-0.3, -0.25) is 0 Å². The Kier molecular flexibility index (Phi) is 5.95. The van der Waals surface area contributed by atoms with Gasteiger partial charge in [0.1, 0.15) is 17.2 Å². The van der Waals surface area contributed by atoms with E-state index in [9.17, 15) is 12.8 Å². The van der Waals surface area contributed by atoms with Crippen molar-refractivity contribution in [3.63, 3.8) is 0 Å². The van der Waals surface area contributed by atoms with Crippen LogP contribution in [-0.2, 0) is 21.0 Å². The van der Waals surface area contributed by atoms with E-state index in [1.54, 1.807) is 24.3 Å². The summed E-state index contributed by atoms with van der Waals surface area (Å²) in [5, 5.41) is 11.9. The van der Waals surface area contributed by atoms with Crippen LogP contribution in [0.15, 0.2) is 93.8 Å². The molecule has 8 heteroatoms. The fourth-order valence-electron chi connectivity index (χ4n) is 3.93. The molecule has 33 heavy (non-hydrogen) atoms. The van der Waals surface area contributed by atoms with E-state index >= 15 is 0 Å². The predicted molar refractivity (Wildman–Crippen MR) is 124 cm³/mol. The number of halogens is 1. The van der Waals surface area contributed by atoms with Crippen molar-refractivity contribution < 1.29 is 22.8 Å². The zero-order valence-corrected chi connectivity index (χ0v) is 18.7. The highest BCUT2D eigenvalue weighted by Gasteiger charge is 2.43. The van der Waals surface area contributed by atoms with Crippen molar-refractivity contribution >= 4 is 21.4 Å². The molecule has 1 aliphatic heterocycles. The van der Waals surface area contributed by atoms with Crippen molar-refractivity contribution in [2.24, 2.45) is 10.9 Å². The number of nitrogens with two attached hydrogens (primary N) is 1. The molecule has 3 aromatic carbocycles. The maximum atomic E-state index is 13.6. The second-order valence-electron chi connectivity index (χ2n) is 8.16. The number of nitrogens with zero attached hydrogens (tertiary/aromatic N) is 1. The third kappa shape index (κ3) is 4.61. The van der Waals surface area contributed by atoms with E-state index < -0.39 is 21.3 Å². The van der Waals surface area contributed by atoms with Gasteiger partial charge >= 0.3 is 0 Å². The summed E-state index contributed by atoms with van der Waals surface area (Å²) < 4.78 is 46.9. The smallest absolute Gasteiger partial charge is 0.206 e. The molecule has 0 spiro atoms. The largest absolute Gasteiger partial charge is 0.485 e. The minimum Gasteiger partial charge on any atom is -0.485 e. The van der Waals surface area contributed by atoms with Gasteiger partial charge in [0, 0.05) is 24.0 Å². The van der Waals surface area contributed by atoms with Crippen LogP contribution in [0.25, 0.3) is 5.76 Å². The summed E-state index contributed by atoms with van der Waals surface area (Å²) in [7, 11) is -3.95. The van der Waals surface area contributed by atoms with Gasteiger partial charge < -0.3 is 15.7 Å². The molecule has 1 heterocycles. The van der Waals surface area contributed by atoms with E-state index in [1.165, 1.54) is 12.1 Å². The molecule has 170 valence electrons. The first-order valence-corrected chi connectivity index (χ1v) is 11.8. The molecule has 6 nitrogen and oxygen atoms in total. The Bertz CT molecular complexity index is 1320. The fourth-order valence-corrected chi connectivity index (χ4v) is 5.61. The summed E-state index contributed by atoms with van der Waals surface area (Å²) in [6.45, 7) is 1.87. The van der Waals surface area contributed by atoms with Gasteiger partial charge in [-0.15, -0.1) is 0 Å². The summed E-state index contributed by atoms with van der Waals surface area (Å²) in [5.41, 5.74) is 6.88. The van der Waals surface area contributed by atoms with E-state index in [2.05, 4.69) is 5.16 Å². The summed E-state index contributed by atoms with van der Waals surface area (Å²) in [4.78, 5) is 0.126. The Morgan fingerprint density at radius 1 is 1.06 bits per heavy atom. The van der Waals surface area contributed by atoms with Crippen LogP contribution in [0.3, 0.4) is 0 Å². The second-order valence-corrected chi connectivity index (χ2v) is 10.1. The SMILES string of the molecule is CC1(Cc2ccccc2)CC(S(=O)(=O)c2ccc(F)cc2)=C(c2ccc(/C(N)=N/O)cc2)O1. The first-order chi connectivity index (χ1) is 15.7. The van der Waals surface area contributed by atoms with E-state index in [1.807, 2.05) is 37.3 Å². The summed E-state index contributed by atoms with van der Waals surface area (Å²) in [5.74, 6) is -0.335. The summed E-state index contributed by atoms with van der Waals surface area (Å²) in [6.07, 6.45) is 0.654. The van der Waals surface area contributed by atoms with Crippen molar-refractivity contribution in [3.05, 3.63) is 106 Å². The molecular formula is C25H23FN2O4S. The first kappa shape index (κ1) is 22.5. The van der Waals surface area contributed by atoms with Crippen molar-refractivity contribution in [2.75, 3.05) is 0 Å². The van der Waals surface area contributed by atoms with Gasteiger partial charge in [-0.25, -0.2) is 12.8 Å². The highest BCUT2D eigenvalue weighted by atomic mass is 32.2. The highest BCUT2D eigenvalue weighted by molar-refractivity contribution is 7.95. The quantitative estimate of drug-likeness (QED) is 0.183. The van der Waals surface area contributed by atoms with Gasteiger partial charge in [-0.2, -0.15) is 0 Å². The van der Waals surface area contributed by atoms with Crippen molar-refractivity contribution in [1.82, 2.24) is 0 Å². The minimum atomic E-state index is -3.95. The van der Waals surface area contributed by atoms with Crippen LogP contribution >= 0.6 is 0 Å². The Morgan fingerprint density at radius 2 is 1.70 bits per heavy atom. The van der Waals surface area contributed by atoms with Gasteiger partial charge in [0.05, 0.1) is 9.80 Å². The molecule has 0 fully saturated rings. The third-order valence-electron chi connectivity index (χ3n) is 5.56. The monoisotopic (exact) mass is 466 g/mol. The van der Waals surface area contributed by atoms with E-state index in [4.69, 9.17) is 15.7 Å². The highest BCUT2D eigenvalue weighted by Crippen LogP contribution is 2.45. The van der Waals surface area contributed by atoms with Crippen LogP contribution in [0.2, 0.25) is 0 Å². The second kappa shape index (κ2) is 8.71. The number of ether oxygens (including phenoxy) is 1. The third-order valence-corrected chi connectivity index (χ3v) is 7.43. The Hall–Kier alpha value is -3.65. The average Bonchev–Trinajstić information content (AvgIpc) is 3.17. The topological polar surface area (TPSA) is 102 Å². The molecule has 3 aromatic rings. The molecular weight excluding hydrogens is 443 g/mol. The number of amidine groups is 1. The van der Waals surface area contributed by atoms with Crippen molar-refractivity contribution in [1.29, 1.82) is 0 Å². The molecule has 0 aliphatic carbocycles. The lowest BCUT2D eigenvalue weighted by Crippen LogP contribution is -2.27. The number of hydrogen-bond donors (Lipinski definition) is 2. The Balaban J connectivity index is 1.78. The number of benzene rings is 3. The van der Waals surface area contributed by atoms with Gasteiger partial charge in [-0.1, -0.05) is 59.8 Å². The molecule has 0 aromatic heterocycles. The van der Waals surface area contributed by atoms with Crippen molar-refractivity contribution in [2.45, 2.75) is 30.3 Å².